The van der Waals surface area contributed by atoms with Crippen LogP contribution >= 0.6 is 11.3 Å². The highest BCUT2D eigenvalue weighted by atomic mass is 32.1. The van der Waals surface area contributed by atoms with E-state index in [1.54, 1.807) is 17.4 Å². The molecule has 0 unspecified atom stereocenters. The van der Waals surface area contributed by atoms with E-state index in [2.05, 4.69) is 41.0 Å². The molecule has 0 amide bonds. The van der Waals surface area contributed by atoms with Crippen LogP contribution in [0.1, 0.15) is 0 Å². The molecule has 0 saturated heterocycles. The predicted molar refractivity (Wildman–Crippen MR) is 129 cm³/mol. The van der Waals surface area contributed by atoms with Gasteiger partial charge >= 0.3 is 7.12 Å². The number of hydrogen-bond acceptors (Lipinski definition) is 4. The Balaban J connectivity index is 1.74. The second-order valence-electron chi connectivity index (χ2n) is 7.48. The summed E-state index contributed by atoms with van der Waals surface area (Å²) >= 11 is 1.59. The fourth-order valence-electron chi connectivity index (χ4n) is 4.26. The van der Waals surface area contributed by atoms with Gasteiger partial charge in [-0.05, 0) is 23.7 Å². The van der Waals surface area contributed by atoms with Crippen molar-refractivity contribution in [2.45, 2.75) is 0 Å². The van der Waals surface area contributed by atoms with E-state index in [9.17, 15) is 10.0 Å². The minimum absolute atomic E-state index is 0.531. The van der Waals surface area contributed by atoms with Crippen molar-refractivity contribution in [1.29, 1.82) is 0 Å². The molecular formula is C25H17BN2O2S. The van der Waals surface area contributed by atoms with E-state index in [0.29, 0.717) is 5.46 Å². The average molecular weight is 420 g/mol. The lowest BCUT2D eigenvalue weighted by atomic mass is 9.80. The van der Waals surface area contributed by atoms with Crippen LogP contribution < -0.4 is 5.46 Å². The molecule has 2 heterocycles. The Morgan fingerprint density at radius 2 is 1.42 bits per heavy atom. The molecule has 0 aliphatic heterocycles. The van der Waals surface area contributed by atoms with Crippen molar-refractivity contribution in [1.82, 2.24) is 9.55 Å². The molecule has 2 N–H and O–H groups in total. The van der Waals surface area contributed by atoms with E-state index in [4.69, 9.17) is 4.98 Å². The smallest absolute Gasteiger partial charge is 0.423 e. The van der Waals surface area contributed by atoms with Crippen LogP contribution in [0.25, 0.3) is 48.3 Å². The third kappa shape index (κ3) is 2.80. The monoisotopic (exact) mass is 420 g/mol. The normalized spacial score (nSPS) is 11.5. The van der Waals surface area contributed by atoms with Gasteiger partial charge in [-0.3, -0.25) is 4.57 Å². The lowest BCUT2D eigenvalue weighted by molar-refractivity contribution is 0.426. The fourth-order valence-corrected chi connectivity index (χ4v) is 5.59. The standard InChI is InChI=1S/C25H17BN2O2S/c29-26(30)19-12-6-10-17-18-11-7-15-22(24(18)31-23(17)19)28-21-14-5-4-13-20(21)27-25(28)16-8-2-1-3-9-16/h1-15,29-30H. The number of rotatable bonds is 3. The number of para-hydroxylation sites is 2. The third-order valence-electron chi connectivity index (χ3n) is 5.65. The highest BCUT2D eigenvalue weighted by Gasteiger charge is 2.21. The van der Waals surface area contributed by atoms with Gasteiger partial charge in [0, 0.05) is 21.0 Å². The fraction of sp³-hybridized carbons (Fsp3) is 0. The summed E-state index contributed by atoms with van der Waals surface area (Å²) in [5, 5.41) is 21.9. The van der Waals surface area contributed by atoms with Gasteiger partial charge in [0.15, 0.2) is 0 Å². The molecule has 0 aliphatic carbocycles. The summed E-state index contributed by atoms with van der Waals surface area (Å²) in [4.78, 5) is 4.95. The van der Waals surface area contributed by atoms with E-state index in [-0.39, 0.29) is 0 Å². The molecule has 4 aromatic carbocycles. The molecule has 0 fully saturated rings. The molecule has 0 atom stereocenters. The van der Waals surface area contributed by atoms with E-state index in [1.807, 2.05) is 48.5 Å². The Morgan fingerprint density at radius 1 is 0.710 bits per heavy atom. The molecule has 31 heavy (non-hydrogen) atoms. The quantitative estimate of drug-likeness (QED) is 0.407. The molecule has 6 rings (SSSR count). The Bertz CT molecular complexity index is 1570. The number of nitrogens with zero attached hydrogens (tertiary/aromatic N) is 2. The largest absolute Gasteiger partial charge is 0.489 e. The summed E-state index contributed by atoms with van der Waals surface area (Å²) in [6.45, 7) is 0. The molecule has 6 aromatic rings. The number of fused-ring (bicyclic) bond motifs is 4. The van der Waals surface area contributed by atoms with E-state index >= 15 is 0 Å². The summed E-state index contributed by atoms with van der Waals surface area (Å²) in [6.07, 6.45) is 0. The van der Waals surface area contributed by atoms with Gasteiger partial charge in [0.1, 0.15) is 5.82 Å². The Hall–Kier alpha value is -3.45. The van der Waals surface area contributed by atoms with Crippen molar-refractivity contribution >= 4 is 55.1 Å². The Kier molecular flexibility index (Phi) is 4.18. The van der Waals surface area contributed by atoms with Crippen molar-refractivity contribution in [3.8, 4) is 17.1 Å². The van der Waals surface area contributed by atoms with Crippen molar-refractivity contribution in [2.75, 3.05) is 0 Å². The second kappa shape index (κ2) is 7.06. The molecule has 6 heteroatoms. The van der Waals surface area contributed by atoms with Gasteiger partial charge in [0.05, 0.1) is 21.4 Å². The molecule has 4 nitrogen and oxygen atoms in total. The Labute approximate surface area is 182 Å². The molecule has 2 aromatic heterocycles. The first-order valence-corrected chi connectivity index (χ1v) is 10.9. The third-order valence-corrected chi connectivity index (χ3v) is 6.94. The van der Waals surface area contributed by atoms with Crippen molar-refractivity contribution in [3.05, 3.63) is 91.0 Å². The van der Waals surface area contributed by atoms with E-state index in [0.717, 1.165) is 48.3 Å². The van der Waals surface area contributed by atoms with Crippen LogP contribution in [0, 0.1) is 0 Å². The molecule has 0 saturated carbocycles. The van der Waals surface area contributed by atoms with Gasteiger partial charge in [-0.1, -0.05) is 72.8 Å². The zero-order valence-electron chi connectivity index (χ0n) is 16.4. The summed E-state index contributed by atoms with van der Waals surface area (Å²) in [6, 6.07) is 30.3. The van der Waals surface area contributed by atoms with Crippen LogP contribution in [0.2, 0.25) is 0 Å². The van der Waals surface area contributed by atoms with E-state index < -0.39 is 7.12 Å². The number of thiophene rings is 1. The van der Waals surface area contributed by atoms with Gasteiger partial charge in [-0.2, -0.15) is 0 Å². The topological polar surface area (TPSA) is 58.3 Å². The van der Waals surface area contributed by atoms with E-state index in [1.165, 1.54) is 0 Å². The number of imidazole rings is 1. The summed E-state index contributed by atoms with van der Waals surface area (Å²) in [5.74, 6) is 0.883. The Morgan fingerprint density at radius 3 is 2.23 bits per heavy atom. The van der Waals surface area contributed by atoms with Crippen molar-refractivity contribution in [2.24, 2.45) is 0 Å². The van der Waals surface area contributed by atoms with Gasteiger partial charge in [-0.15, -0.1) is 11.3 Å². The summed E-state index contributed by atoms with van der Waals surface area (Å²) in [5.41, 5.74) is 4.58. The zero-order valence-corrected chi connectivity index (χ0v) is 17.3. The molecule has 0 bridgehead atoms. The van der Waals surface area contributed by atoms with Gasteiger partial charge in [0.25, 0.3) is 0 Å². The molecule has 0 radical (unpaired) electrons. The first kappa shape index (κ1) is 18.3. The van der Waals surface area contributed by atoms with Crippen LogP contribution in [-0.2, 0) is 0 Å². The summed E-state index contributed by atoms with van der Waals surface area (Å²) < 4.78 is 4.19. The molecule has 0 spiro atoms. The van der Waals surface area contributed by atoms with Gasteiger partial charge < -0.3 is 10.0 Å². The van der Waals surface area contributed by atoms with Gasteiger partial charge in [0.2, 0.25) is 0 Å². The SMILES string of the molecule is OB(O)c1cccc2c1sc1c(-n3c(-c4ccccc4)nc4ccccc43)cccc12. The average Bonchev–Trinajstić information content (AvgIpc) is 3.38. The lowest BCUT2D eigenvalue weighted by Crippen LogP contribution is -2.29. The maximum atomic E-state index is 9.88. The van der Waals surface area contributed by atoms with Crippen LogP contribution in [-0.4, -0.2) is 26.7 Å². The summed E-state index contributed by atoms with van der Waals surface area (Å²) in [7, 11) is -1.51. The van der Waals surface area contributed by atoms with Crippen LogP contribution in [0.4, 0.5) is 0 Å². The maximum absolute atomic E-state index is 9.88. The number of benzene rings is 4. The van der Waals surface area contributed by atoms with Gasteiger partial charge in [-0.25, -0.2) is 4.98 Å². The van der Waals surface area contributed by atoms with Crippen LogP contribution in [0.3, 0.4) is 0 Å². The minimum atomic E-state index is -1.51. The first-order valence-electron chi connectivity index (χ1n) is 10.1. The minimum Gasteiger partial charge on any atom is -0.423 e. The van der Waals surface area contributed by atoms with Crippen molar-refractivity contribution < 1.29 is 10.0 Å². The van der Waals surface area contributed by atoms with Crippen molar-refractivity contribution in [3.63, 3.8) is 0 Å². The first-order chi connectivity index (χ1) is 15.2. The number of hydrogen-bond donors (Lipinski definition) is 2. The predicted octanol–water partition coefficient (Wildman–Crippen LogP) is 4.74. The number of aromatic nitrogens is 2. The maximum Gasteiger partial charge on any atom is 0.489 e. The molecular weight excluding hydrogens is 403 g/mol. The second-order valence-corrected chi connectivity index (χ2v) is 8.50. The highest BCUT2D eigenvalue weighted by Crippen LogP contribution is 2.39. The highest BCUT2D eigenvalue weighted by molar-refractivity contribution is 7.27. The lowest BCUT2D eigenvalue weighted by Gasteiger charge is -2.11. The zero-order chi connectivity index (χ0) is 20.9. The van der Waals surface area contributed by atoms with Crippen LogP contribution in [0.5, 0.6) is 0 Å². The molecule has 148 valence electrons. The molecule has 0 aliphatic rings. The van der Waals surface area contributed by atoms with Crippen LogP contribution in [0.15, 0.2) is 91.0 Å².